The van der Waals surface area contributed by atoms with E-state index in [1.54, 1.807) is 0 Å². The van der Waals surface area contributed by atoms with Gasteiger partial charge in [-0.25, -0.2) is 4.39 Å². The zero-order valence-corrected chi connectivity index (χ0v) is 27.1. The molecule has 3 N–H and O–H groups in total. The van der Waals surface area contributed by atoms with E-state index in [9.17, 15) is 19.1 Å². The summed E-state index contributed by atoms with van der Waals surface area (Å²) < 4.78 is 24.9. The predicted molar refractivity (Wildman–Crippen MR) is 172 cm³/mol. The van der Waals surface area contributed by atoms with E-state index in [2.05, 4.69) is 30.4 Å². The molecule has 1 aromatic heterocycles. The third-order valence-electron chi connectivity index (χ3n) is 8.84. The first-order chi connectivity index (χ1) is 22.3. The second-order valence-electron chi connectivity index (χ2n) is 12.5. The molecule has 3 aliphatic rings. The number of anilines is 2. The second-order valence-corrected chi connectivity index (χ2v) is 12.9. The molecule has 14 heteroatoms. The van der Waals surface area contributed by atoms with Crippen LogP contribution in [0.15, 0.2) is 18.2 Å². The molecule has 0 spiro atoms. The first-order valence-electron chi connectivity index (χ1n) is 16.5. The lowest BCUT2D eigenvalue weighted by Crippen LogP contribution is -2.54. The Balaban J connectivity index is 1.12. The molecular weight excluding hydrogens is 617 g/mol. The third kappa shape index (κ3) is 9.78. The fraction of sp³-hybridized carbons (Fsp3) is 0.656. The van der Waals surface area contributed by atoms with Crippen LogP contribution < -0.4 is 29.9 Å². The maximum absolute atomic E-state index is 13.7. The van der Waals surface area contributed by atoms with Crippen molar-refractivity contribution in [1.82, 2.24) is 25.6 Å². The van der Waals surface area contributed by atoms with Crippen molar-refractivity contribution < 1.29 is 28.6 Å². The quantitative estimate of drug-likeness (QED) is 0.290. The van der Waals surface area contributed by atoms with Crippen molar-refractivity contribution in [1.29, 1.82) is 0 Å². The Kier molecular flexibility index (Phi) is 12.1. The van der Waals surface area contributed by atoms with Crippen LogP contribution in [0.1, 0.15) is 77.0 Å². The third-order valence-corrected chi connectivity index (χ3v) is 9.15. The van der Waals surface area contributed by atoms with Crippen LogP contribution in [0.5, 0.6) is 11.8 Å². The van der Waals surface area contributed by atoms with Crippen molar-refractivity contribution in [2.45, 2.75) is 88.7 Å². The lowest BCUT2D eigenvalue weighted by Gasteiger charge is -2.39. The number of carbonyl (C=O) groups excluding carboxylic acids is 2. The summed E-state index contributed by atoms with van der Waals surface area (Å²) >= 11 is 5.72. The molecule has 1 aliphatic carbocycles. The largest absolute Gasteiger partial charge is 0.484 e. The number of nitrogens with one attached hydrogen (secondary N) is 2. The molecule has 3 heterocycles. The van der Waals surface area contributed by atoms with Gasteiger partial charge in [-0.05, 0) is 69.9 Å². The topological polar surface area (TPSA) is 142 Å². The van der Waals surface area contributed by atoms with Crippen LogP contribution in [0.3, 0.4) is 0 Å². The molecule has 0 radical (unpaired) electrons. The molecule has 0 bridgehead atoms. The van der Waals surface area contributed by atoms with E-state index in [1.807, 2.05) is 0 Å². The highest BCUT2D eigenvalue weighted by molar-refractivity contribution is 6.30. The molecule has 1 atom stereocenters. The van der Waals surface area contributed by atoms with Crippen molar-refractivity contribution in [3.63, 3.8) is 0 Å². The Morgan fingerprint density at radius 3 is 2.07 bits per heavy atom. The molecule has 2 amide bonds. The summed E-state index contributed by atoms with van der Waals surface area (Å²) in [6.45, 7) is 2.88. The van der Waals surface area contributed by atoms with Crippen LogP contribution >= 0.6 is 11.6 Å². The van der Waals surface area contributed by atoms with Gasteiger partial charge < -0.3 is 35.0 Å². The molecule has 2 aromatic rings. The van der Waals surface area contributed by atoms with Crippen LogP contribution in [0.4, 0.5) is 16.3 Å². The Bertz CT molecular complexity index is 1280. The van der Waals surface area contributed by atoms with Gasteiger partial charge in [0.1, 0.15) is 11.6 Å². The van der Waals surface area contributed by atoms with Gasteiger partial charge in [-0.1, -0.05) is 30.9 Å². The van der Waals surface area contributed by atoms with Gasteiger partial charge >= 0.3 is 6.01 Å². The number of rotatable bonds is 13. The standard InChI is InChI=1S/C32H45ClFN7O5/c33-25-11-10-24(18-26(25)34)45-22-28(44)39-32(12-4-1-5-13-32)19-23(42)20-35-27(43)21-46-31-37-29(40-14-6-2-7-15-40)36-30(38-31)41-16-8-3-9-17-41/h10-11,18,23,42H,1-9,12-17,19-22H2,(H,35,43)(H,39,44)/t23-/m0/s1. The molecule has 12 nitrogen and oxygen atoms in total. The van der Waals surface area contributed by atoms with E-state index in [0.29, 0.717) is 24.7 Å². The maximum atomic E-state index is 13.7. The SMILES string of the molecule is O=C(COc1nc(N2CCCCC2)nc(N2CCCCC2)n1)NC[C@@H](O)CC1(NC(=O)COc2ccc(Cl)c(F)c2)CCCCC1. The van der Waals surface area contributed by atoms with Gasteiger partial charge in [-0.3, -0.25) is 9.59 Å². The number of nitrogens with zero attached hydrogens (tertiary/aromatic N) is 5. The van der Waals surface area contributed by atoms with E-state index in [4.69, 9.17) is 26.1 Å². The van der Waals surface area contributed by atoms with Crippen molar-refractivity contribution in [3.8, 4) is 11.8 Å². The number of hydrogen-bond acceptors (Lipinski definition) is 10. The normalized spacial score (nSPS) is 18.8. The number of benzene rings is 1. The lowest BCUT2D eigenvalue weighted by atomic mass is 9.77. The summed E-state index contributed by atoms with van der Waals surface area (Å²) in [5, 5.41) is 16.7. The Morgan fingerprint density at radius 1 is 0.870 bits per heavy atom. The van der Waals surface area contributed by atoms with Gasteiger partial charge in [0, 0.05) is 44.3 Å². The van der Waals surface area contributed by atoms with Crippen molar-refractivity contribution in [2.24, 2.45) is 0 Å². The summed E-state index contributed by atoms with van der Waals surface area (Å²) in [6, 6.07) is 4.10. The minimum Gasteiger partial charge on any atom is -0.484 e. The van der Waals surface area contributed by atoms with Crippen molar-refractivity contribution in [2.75, 3.05) is 55.7 Å². The van der Waals surface area contributed by atoms with Gasteiger partial charge in [0.15, 0.2) is 13.2 Å². The van der Waals surface area contributed by atoms with E-state index < -0.39 is 23.4 Å². The van der Waals surface area contributed by atoms with E-state index in [-0.39, 0.29) is 48.9 Å². The summed E-state index contributed by atoms with van der Waals surface area (Å²) in [4.78, 5) is 43.6. The second kappa shape index (κ2) is 16.4. The Hall–Kier alpha value is -3.45. The minimum atomic E-state index is -0.901. The molecule has 1 saturated carbocycles. The summed E-state index contributed by atoms with van der Waals surface area (Å²) in [6.07, 6.45) is 10.3. The number of amides is 2. The zero-order valence-electron chi connectivity index (χ0n) is 26.3. The summed E-state index contributed by atoms with van der Waals surface area (Å²) in [5.74, 6) is -0.0619. The van der Waals surface area contributed by atoms with Gasteiger partial charge in [0.05, 0.1) is 11.1 Å². The van der Waals surface area contributed by atoms with Crippen molar-refractivity contribution in [3.05, 3.63) is 29.0 Å². The van der Waals surface area contributed by atoms with Crippen LogP contribution in [0.2, 0.25) is 5.02 Å². The lowest BCUT2D eigenvalue weighted by molar-refractivity contribution is -0.126. The number of aromatic nitrogens is 3. The average Bonchev–Trinajstić information content (AvgIpc) is 3.08. The highest BCUT2D eigenvalue weighted by Gasteiger charge is 2.36. The molecule has 0 unspecified atom stereocenters. The number of halogens is 2. The Morgan fingerprint density at radius 2 is 1.46 bits per heavy atom. The van der Waals surface area contributed by atoms with Crippen LogP contribution in [-0.2, 0) is 9.59 Å². The fourth-order valence-electron chi connectivity index (χ4n) is 6.46. The number of carbonyl (C=O) groups is 2. The molecule has 252 valence electrons. The van der Waals surface area contributed by atoms with E-state index in [0.717, 1.165) is 77.2 Å². The Labute approximate surface area is 274 Å². The number of ether oxygens (including phenoxy) is 2. The molecule has 5 rings (SSSR count). The predicted octanol–water partition coefficient (Wildman–Crippen LogP) is 3.79. The number of piperidine rings is 2. The molecular formula is C32H45ClFN7O5. The van der Waals surface area contributed by atoms with Crippen LogP contribution in [0.25, 0.3) is 0 Å². The highest BCUT2D eigenvalue weighted by Crippen LogP contribution is 2.32. The summed E-state index contributed by atoms with van der Waals surface area (Å²) in [7, 11) is 0. The van der Waals surface area contributed by atoms with Crippen LogP contribution in [0, 0.1) is 5.82 Å². The van der Waals surface area contributed by atoms with Crippen molar-refractivity contribution >= 4 is 35.3 Å². The number of aliphatic hydroxyl groups is 1. The first-order valence-corrected chi connectivity index (χ1v) is 16.9. The first kappa shape index (κ1) is 33.9. The van der Waals surface area contributed by atoms with Crippen LogP contribution in [-0.4, -0.2) is 89.5 Å². The summed E-state index contributed by atoms with van der Waals surface area (Å²) in [5.41, 5.74) is -0.634. The van der Waals surface area contributed by atoms with E-state index in [1.165, 1.54) is 25.0 Å². The van der Waals surface area contributed by atoms with E-state index >= 15 is 0 Å². The highest BCUT2D eigenvalue weighted by atomic mass is 35.5. The monoisotopic (exact) mass is 661 g/mol. The molecule has 2 aliphatic heterocycles. The molecule has 3 fully saturated rings. The zero-order chi connectivity index (χ0) is 32.4. The number of hydrogen-bond donors (Lipinski definition) is 3. The van der Waals surface area contributed by atoms with Gasteiger partial charge in [-0.15, -0.1) is 0 Å². The molecule has 1 aromatic carbocycles. The molecule has 46 heavy (non-hydrogen) atoms. The smallest absolute Gasteiger partial charge is 0.323 e. The fourth-order valence-corrected chi connectivity index (χ4v) is 6.58. The van der Waals surface area contributed by atoms with Gasteiger partial charge in [0.2, 0.25) is 11.9 Å². The average molecular weight is 662 g/mol. The maximum Gasteiger partial charge on any atom is 0.323 e. The minimum absolute atomic E-state index is 0.00434. The molecule has 2 saturated heterocycles. The van der Waals surface area contributed by atoms with Gasteiger partial charge in [-0.2, -0.15) is 15.0 Å². The van der Waals surface area contributed by atoms with Gasteiger partial charge in [0.25, 0.3) is 11.8 Å². The number of aliphatic hydroxyl groups excluding tert-OH is 1.